The molecule has 1 aliphatic carbocycles. The minimum Gasteiger partial charge on any atom is -0.393 e. The molecule has 1 fully saturated rings. The lowest BCUT2D eigenvalue weighted by Crippen LogP contribution is -2.58. The fourth-order valence-electron chi connectivity index (χ4n) is 1.61. The first kappa shape index (κ1) is 11.5. The van der Waals surface area contributed by atoms with Gasteiger partial charge in [0.15, 0.2) is 0 Å². The molecule has 1 aliphatic rings. The van der Waals surface area contributed by atoms with Crippen LogP contribution in [0.5, 0.6) is 0 Å². The number of nitrogens with one attached hydrogen (secondary N) is 1. The molecule has 0 aromatic carbocycles. The number of aliphatic hydroxyl groups excluding tert-OH is 1. The van der Waals surface area contributed by atoms with Gasteiger partial charge in [0.05, 0.1) is 11.6 Å². The van der Waals surface area contributed by atoms with E-state index in [1.165, 1.54) is 0 Å². The zero-order valence-electron chi connectivity index (χ0n) is 8.92. The summed E-state index contributed by atoms with van der Waals surface area (Å²) >= 11 is 0. The highest BCUT2D eigenvalue weighted by Gasteiger charge is 2.35. The molecule has 0 unspecified atom stereocenters. The van der Waals surface area contributed by atoms with Gasteiger partial charge >= 0.3 is 0 Å². The first-order valence-corrected chi connectivity index (χ1v) is 5.29. The normalized spacial score (nSPS) is 26.9. The van der Waals surface area contributed by atoms with Crippen molar-refractivity contribution in [2.45, 2.75) is 57.2 Å². The van der Waals surface area contributed by atoms with E-state index in [4.69, 9.17) is 10.8 Å². The standard InChI is InChI=1S/C10H20N2O2/c1-3-10(11,4-2)9(14)12-7-5-8(13)6-7/h7-8,13H,3-6,11H2,1-2H3,(H,12,14). The first-order valence-electron chi connectivity index (χ1n) is 5.29. The lowest BCUT2D eigenvalue weighted by Gasteiger charge is -2.35. The van der Waals surface area contributed by atoms with Crippen molar-refractivity contribution in [1.29, 1.82) is 0 Å². The van der Waals surface area contributed by atoms with Gasteiger partial charge in [0, 0.05) is 6.04 Å². The molecule has 0 atom stereocenters. The monoisotopic (exact) mass is 200 g/mol. The molecule has 0 aromatic heterocycles. The van der Waals surface area contributed by atoms with Crippen LogP contribution >= 0.6 is 0 Å². The van der Waals surface area contributed by atoms with E-state index in [1.54, 1.807) is 0 Å². The van der Waals surface area contributed by atoms with E-state index >= 15 is 0 Å². The Morgan fingerprint density at radius 1 is 1.50 bits per heavy atom. The van der Waals surface area contributed by atoms with Crippen molar-refractivity contribution < 1.29 is 9.90 Å². The average molecular weight is 200 g/mol. The summed E-state index contributed by atoms with van der Waals surface area (Å²) < 4.78 is 0. The SMILES string of the molecule is CCC(N)(CC)C(=O)NC1CC(O)C1. The van der Waals surface area contributed by atoms with E-state index in [-0.39, 0.29) is 18.1 Å². The summed E-state index contributed by atoms with van der Waals surface area (Å²) in [6.07, 6.45) is 2.37. The van der Waals surface area contributed by atoms with Crippen molar-refractivity contribution in [3.63, 3.8) is 0 Å². The maximum absolute atomic E-state index is 11.7. The van der Waals surface area contributed by atoms with Gasteiger partial charge in [-0.25, -0.2) is 0 Å². The van der Waals surface area contributed by atoms with Crippen LogP contribution in [0.25, 0.3) is 0 Å². The van der Waals surface area contributed by atoms with Crippen LogP contribution in [-0.2, 0) is 4.79 Å². The smallest absolute Gasteiger partial charge is 0.240 e. The van der Waals surface area contributed by atoms with Gasteiger partial charge in [-0.3, -0.25) is 4.79 Å². The maximum atomic E-state index is 11.7. The molecule has 0 aromatic rings. The molecule has 4 nitrogen and oxygen atoms in total. The second kappa shape index (κ2) is 4.28. The van der Waals surface area contributed by atoms with Crippen LogP contribution in [0, 0.1) is 0 Å². The zero-order chi connectivity index (χ0) is 10.8. The fraction of sp³-hybridized carbons (Fsp3) is 0.900. The lowest BCUT2D eigenvalue weighted by molar-refractivity contribution is -0.128. The second-order valence-electron chi connectivity index (χ2n) is 4.16. The summed E-state index contributed by atoms with van der Waals surface area (Å²) in [4.78, 5) is 11.7. The predicted octanol–water partition coefficient (Wildman–Crippen LogP) is 0.143. The summed E-state index contributed by atoms with van der Waals surface area (Å²) in [5.41, 5.74) is 5.19. The Morgan fingerprint density at radius 3 is 2.36 bits per heavy atom. The van der Waals surface area contributed by atoms with Crippen LogP contribution in [0.1, 0.15) is 39.5 Å². The third kappa shape index (κ3) is 2.25. The molecule has 4 heteroatoms. The van der Waals surface area contributed by atoms with Crippen molar-refractivity contribution in [2.24, 2.45) is 5.73 Å². The lowest BCUT2D eigenvalue weighted by atomic mass is 9.87. The number of nitrogens with two attached hydrogens (primary N) is 1. The molecule has 82 valence electrons. The molecule has 14 heavy (non-hydrogen) atoms. The van der Waals surface area contributed by atoms with Gasteiger partial charge in [0.25, 0.3) is 0 Å². The highest BCUT2D eigenvalue weighted by Crippen LogP contribution is 2.21. The van der Waals surface area contributed by atoms with Crippen molar-refractivity contribution in [2.75, 3.05) is 0 Å². The van der Waals surface area contributed by atoms with E-state index < -0.39 is 5.54 Å². The van der Waals surface area contributed by atoms with Crippen LogP contribution in [-0.4, -0.2) is 28.7 Å². The van der Waals surface area contributed by atoms with E-state index in [9.17, 15) is 4.79 Å². The van der Waals surface area contributed by atoms with E-state index in [1.807, 2.05) is 13.8 Å². The van der Waals surface area contributed by atoms with Gasteiger partial charge in [-0.15, -0.1) is 0 Å². The molecular weight excluding hydrogens is 180 g/mol. The van der Waals surface area contributed by atoms with Crippen LogP contribution in [0.15, 0.2) is 0 Å². The second-order valence-corrected chi connectivity index (χ2v) is 4.16. The fourth-order valence-corrected chi connectivity index (χ4v) is 1.61. The first-order chi connectivity index (χ1) is 6.51. The highest BCUT2D eigenvalue weighted by molar-refractivity contribution is 5.86. The molecule has 0 bridgehead atoms. The quantitative estimate of drug-likeness (QED) is 0.604. The Morgan fingerprint density at radius 2 is 2.00 bits per heavy atom. The maximum Gasteiger partial charge on any atom is 0.240 e. The Labute approximate surface area is 84.9 Å². The highest BCUT2D eigenvalue weighted by atomic mass is 16.3. The summed E-state index contributed by atoms with van der Waals surface area (Å²) in [6, 6.07) is 0.124. The third-order valence-electron chi connectivity index (χ3n) is 3.16. The molecule has 0 saturated heterocycles. The minimum atomic E-state index is -0.736. The number of amides is 1. The van der Waals surface area contributed by atoms with Gasteiger partial charge in [-0.05, 0) is 25.7 Å². The molecule has 0 radical (unpaired) electrons. The number of hydrogen-bond acceptors (Lipinski definition) is 3. The molecule has 1 saturated carbocycles. The molecular formula is C10H20N2O2. The van der Waals surface area contributed by atoms with Crippen molar-refractivity contribution in [3.8, 4) is 0 Å². The largest absolute Gasteiger partial charge is 0.393 e. The van der Waals surface area contributed by atoms with Crippen LogP contribution in [0.3, 0.4) is 0 Å². The van der Waals surface area contributed by atoms with Crippen LogP contribution < -0.4 is 11.1 Å². The molecule has 0 spiro atoms. The van der Waals surface area contributed by atoms with Gasteiger partial charge in [0.2, 0.25) is 5.91 Å². The number of aliphatic hydroxyl groups is 1. The Hall–Kier alpha value is -0.610. The predicted molar refractivity (Wildman–Crippen MR) is 54.7 cm³/mol. The average Bonchev–Trinajstić information content (AvgIpc) is 2.14. The number of carbonyl (C=O) groups excluding carboxylic acids is 1. The van der Waals surface area contributed by atoms with Crippen molar-refractivity contribution >= 4 is 5.91 Å². The van der Waals surface area contributed by atoms with Crippen LogP contribution in [0.2, 0.25) is 0 Å². The van der Waals surface area contributed by atoms with Gasteiger partial charge in [-0.2, -0.15) is 0 Å². The summed E-state index contributed by atoms with van der Waals surface area (Å²) in [5.74, 6) is -0.0839. The topological polar surface area (TPSA) is 75.4 Å². The summed E-state index contributed by atoms with van der Waals surface area (Å²) in [6.45, 7) is 3.83. The molecule has 1 rings (SSSR count). The summed E-state index contributed by atoms with van der Waals surface area (Å²) in [7, 11) is 0. The van der Waals surface area contributed by atoms with E-state index in [2.05, 4.69) is 5.32 Å². The third-order valence-corrected chi connectivity index (χ3v) is 3.16. The van der Waals surface area contributed by atoms with Gasteiger partial charge in [0.1, 0.15) is 0 Å². The Balaban J connectivity index is 2.40. The summed E-state index contributed by atoms with van der Waals surface area (Å²) in [5, 5.41) is 11.9. The Bertz CT molecular complexity index is 208. The van der Waals surface area contributed by atoms with Crippen LogP contribution in [0.4, 0.5) is 0 Å². The van der Waals surface area contributed by atoms with Gasteiger partial charge in [-0.1, -0.05) is 13.8 Å². The number of carbonyl (C=O) groups is 1. The zero-order valence-corrected chi connectivity index (χ0v) is 8.92. The Kier molecular flexibility index (Phi) is 3.50. The van der Waals surface area contributed by atoms with E-state index in [0.717, 1.165) is 0 Å². The molecule has 4 N–H and O–H groups in total. The van der Waals surface area contributed by atoms with E-state index in [0.29, 0.717) is 25.7 Å². The van der Waals surface area contributed by atoms with Crippen molar-refractivity contribution in [1.82, 2.24) is 5.32 Å². The molecule has 1 amide bonds. The minimum absolute atomic E-state index is 0.0839. The number of hydrogen-bond donors (Lipinski definition) is 3. The van der Waals surface area contributed by atoms with Crippen molar-refractivity contribution in [3.05, 3.63) is 0 Å². The number of rotatable bonds is 4. The molecule has 0 heterocycles. The molecule has 0 aliphatic heterocycles. The van der Waals surface area contributed by atoms with Gasteiger partial charge < -0.3 is 16.2 Å².